The van der Waals surface area contributed by atoms with Gasteiger partial charge in [-0.2, -0.15) is 0 Å². The molecule has 32 heavy (non-hydrogen) atoms. The minimum Gasteiger partial charge on any atom is -0.491 e. The molecule has 0 spiro atoms. The van der Waals surface area contributed by atoms with E-state index >= 15 is 0 Å². The number of hydrogen-bond acceptors (Lipinski definition) is 7. The summed E-state index contributed by atoms with van der Waals surface area (Å²) in [6, 6.07) is 9.69. The molecule has 2 N–H and O–H groups in total. The molecule has 3 aromatic rings. The lowest BCUT2D eigenvalue weighted by atomic mass is 10.2. The van der Waals surface area contributed by atoms with Crippen molar-refractivity contribution >= 4 is 54.7 Å². The number of methoxy groups -OCH3 is 1. The van der Waals surface area contributed by atoms with Crippen molar-refractivity contribution < 1.29 is 27.5 Å². The van der Waals surface area contributed by atoms with Crippen LogP contribution in [0.1, 0.15) is 35.5 Å². The highest BCUT2D eigenvalue weighted by Crippen LogP contribution is 2.40. The van der Waals surface area contributed by atoms with Crippen LogP contribution in [-0.2, 0) is 19.6 Å². The Morgan fingerprint density at radius 3 is 2.53 bits per heavy atom. The first-order chi connectivity index (χ1) is 15.2. The van der Waals surface area contributed by atoms with Gasteiger partial charge in [0.05, 0.1) is 19.4 Å². The average molecular weight is 477 g/mol. The van der Waals surface area contributed by atoms with Crippen LogP contribution in [-0.4, -0.2) is 34.0 Å². The van der Waals surface area contributed by atoms with E-state index in [2.05, 4.69) is 10.0 Å². The van der Waals surface area contributed by atoms with E-state index in [-0.39, 0.29) is 16.5 Å². The van der Waals surface area contributed by atoms with Crippen molar-refractivity contribution in [2.24, 2.45) is 0 Å². The minimum atomic E-state index is -4.02. The molecule has 0 saturated heterocycles. The van der Waals surface area contributed by atoms with Gasteiger partial charge in [-0.15, -0.1) is 11.3 Å². The fourth-order valence-electron chi connectivity index (χ4n) is 3.07. The summed E-state index contributed by atoms with van der Waals surface area (Å²) in [6.45, 7) is 5.42. The van der Waals surface area contributed by atoms with Crippen molar-refractivity contribution in [3.63, 3.8) is 0 Å². The first-order valence-corrected chi connectivity index (χ1v) is 12.1. The van der Waals surface area contributed by atoms with Gasteiger partial charge in [0.2, 0.25) is 5.91 Å². The predicted octanol–water partition coefficient (Wildman–Crippen LogP) is 4.54. The number of carbonyl (C=O) groups is 2. The van der Waals surface area contributed by atoms with Crippen LogP contribution in [0.3, 0.4) is 0 Å². The Hall–Kier alpha value is -3.11. The fourth-order valence-corrected chi connectivity index (χ4v) is 5.41. The molecule has 10 heteroatoms. The zero-order chi connectivity index (χ0) is 23.5. The summed E-state index contributed by atoms with van der Waals surface area (Å²) >= 11 is 1.22. The molecule has 0 unspecified atom stereocenters. The van der Waals surface area contributed by atoms with Crippen LogP contribution >= 0.6 is 11.3 Å². The van der Waals surface area contributed by atoms with Crippen LogP contribution < -0.4 is 14.8 Å². The molecule has 0 saturated carbocycles. The first kappa shape index (κ1) is 23.6. The number of aryl methyl sites for hydroxylation is 1. The Morgan fingerprint density at radius 1 is 1.12 bits per heavy atom. The first-order valence-electron chi connectivity index (χ1n) is 9.85. The summed E-state index contributed by atoms with van der Waals surface area (Å²) in [6.07, 6.45) is 0.740. The second-order valence-corrected chi connectivity index (χ2v) is 9.80. The van der Waals surface area contributed by atoms with Crippen molar-refractivity contribution in [2.75, 3.05) is 23.8 Å². The van der Waals surface area contributed by atoms with Crippen LogP contribution in [0.5, 0.6) is 5.75 Å². The summed E-state index contributed by atoms with van der Waals surface area (Å²) in [5, 5.41) is 3.16. The lowest BCUT2D eigenvalue weighted by Crippen LogP contribution is -2.17. The number of rotatable bonds is 8. The zero-order valence-corrected chi connectivity index (χ0v) is 19.8. The summed E-state index contributed by atoms with van der Waals surface area (Å²) in [7, 11) is -2.72. The van der Waals surface area contributed by atoms with E-state index < -0.39 is 16.0 Å². The van der Waals surface area contributed by atoms with E-state index in [1.165, 1.54) is 31.4 Å². The highest BCUT2D eigenvalue weighted by Gasteiger charge is 2.23. The van der Waals surface area contributed by atoms with Crippen molar-refractivity contribution in [1.29, 1.82) is 0 Å². The Morgan fingerprint density at radius 2 is 1.88 bits per heavy atom. The van der Waals surface area contributed by atoms with Crippen molar-refractivity contribution in [3.8, 4) is 5.75 Å². The van der Waals surface area contributed by atoms with E-state index in [9.17, 15) is 18.0 Å². The molecule has 0 fully saturated rings. The van der Waals surface area contributed by atoms with E-state index in [0.29, 0.717) is 28.3 Å². The molecule has 0 radical (unpaired) electrons. The topological polar surface area (TPSA) is 111 Å². The Balaban J connectivity index is 2.04. The number of thiophene rings is 1. The standard InChI is InChI=1S/C22H24N2O6S2/c1-5-10-30-20-16-12-15(7-9-18(16)31-21(20)22(26)29-4)24-32(27,28)19-11-13(2)6-8-17(19)23-14(3)25/h6-9,11-12,24H,5,10H2,1-4H3,(H,23,25). The van der Waals surface area contributed by atoms with Gasteiger partial charge in [-0.3, -0.25) is 9.52 Å². The number of hydrogen-bond donors (Lipinski definition) is 2. The summed E-state index contributed by atoms with van der Waals surface area (Å²) in [5.41, 5.74) is 1.21. The van der Waals surface area contributed by atoms with Crippen LogP contribution in [0.25, 0.3) is 10.1 Å². The molecule has 2 aromatic carbocycles. The van der Waals surface area contributed by atoms with Crippen molar-refractivity contribution in [3.05, 3.63) is 46.8 Å². The Kier molecular flexibility index (Phi) is 7.05. The van der Waals surface area contributed by atoms with Gasteiger partial charge in [0, 0.05) is 22.7 Å². The number of esters is 1. The number of nitrogens with one attached hydrogen (secondary N) is 2. The number of sulfonamides is 1. The van der Waals surface area contributed by atoms with E-state index in [4.69, 9.17) is 9.47 Å². The number of benzene rings is 2. The van der Waals surface area contributed by atoms with Crippen LogP contribution in [0.15, 0.2) is 41.3 Å². The number of ether oxygens (including phenoxy) is 2. The van der Waals surface area contributed by atoms with Gasteiger partial charge >= 0.3 is 5.97 Å². The molecular formula is C22H24N2O6S2. The maximum atomic E-state index is 13.1. The quantitative estimate of drug-likeness (QED) is 0.462. The molecule has 170 valence electrons. The largest absolute Gasteiger partial charge is 0.491 e. The monoisotopic (exact) mass is 476 g/mol. The molecular weight excluding hydrogens is 452 g/mol. The lowest BCUT2D eigenvalue weighted by molar-refractivity contribution is -0.114. The smallest absolute Gasteiger partial charge is 0.351 e. The van der Waals surface area contributed by atoms with Crippen molar-refractivity contribution in [2.45, 2.75) is 32.1 Å². The molecule has 0 bridgehead atoms. The third kappa shape index (κ3) is 5.03. The molecule has 0 atom stereocenters. The van der Waals surface area contributed by atoms with Crippen LogP contribution in [0.2, 0.25) is 0 Å². The maximum Gasteiger partial charge on any atom is 0.351 e. The predicted molar refractivity (Wildman–Crippen MR) is 125 cm³/mol. The molecule has 0 aliphatic carbocycles. The third-order valence-electron chi connectivity index (χ3n) is 4.45. The van der Waals surface area contributed by atoms with Gasteiger partial charge < -0.3 is 14.8 Å². The molecule has 0 aliphatic heterocycles. The van der Waals surface area contributed by atoms with Crippen molar-refractivity contribution in [1.82, 2.24) is 0 Å². The van der Waals surface area contributed by atoms with Gasteiger partial charge in [-0.05, 0) is 49.2 Å². The van der Waals surface area contributed by atoms with Gasteiger partial charge in [-0.1, -0.05) is 13.0 Å². The highest BCUT2D eigenvalue weighted by atomic mass is 32.2. The zero-order valence-electron chi connectivity index (χ0n) is 18.1. The fraction of sp³-hybridized carbons (Fsp3) is 0.273. The Bertz CT molecular complexity index is 1280. The lowest BCUT2D eigenvalue weighted by Gasteiger charge is -2.14. The van der Waals surface area contributed by atoms with E-state index in [1.807, 2.05) is 6.92 Å². The molecule has 1 aromatic heterocycles. The SMILES string of the molecule is CCCOc1c(C(=O)OC)sc2ccc(NS(=O)(=O)c3cc(C)ccc3NC(C)=O)cc12. The maximum absolute atomic E-state index is 13.1. The van der Waals surface area contributed by atoms with Crippen LogP contribution in [0.4, 0.5) is 11.4 Å². The number of fused-ring (bicyclic) bond motifs is 1. The Labute approximate surface area is 190 Å². The van der Waals surface area contributed by atoms with Gasteiger partial charge in [0.25, 0.3) is 10.0 Å². The van der Waals surface area contributed by atoms with Crippen LogP contribution in [0, 0.1) is 6.92 Å². The molecule has 8 nitrogen and oxygen atoms in total. The van der Waals surface area contributed by atoms with E-state index in [1.54, 1.807) is 37.3 Å². The molecule has 0 aliphatic rings. The van der Waals surface area contributed by atoms with Gasteiger partial charge in [-0.25, -0.2) is 13.2 Å². The number of carbonyl (C=O) groups excluding carboxylic acids is 2. The number of anilines is 2. The van der Waals surface area contributed by atoms with Gasteiger partial charge in [0.15, 0.2) is 10.6 Å². The number of amides is 1. The second-order valence-electron chi connectivity index (χ2n) is 7.10. The molecule has 1 heterocycles. The summed E-state index contributed by atoms with van der Waals surface area (Å²) < 4.78 is 40.3. The molecule has 1 amide bonds. The summed E-state index contributed by atoms with van der Waals surface area (Å²) in [4.78, 5) is 24.0. The van der Waals surface area contributed by atoms with Gasteiger partial charge in [0.1, 0.15) is 4.90 Å². The normalized spacial score (nSPS) is 11.2. The van der Waals surface area contributed by atoms with E-state index in [0.717, 1.165) is 16.7 Å². The highest BCUT2D eigenvalue weighted by molar-refractivity contribution is 7.92. The average Bonchev–Trinajstić information content (AvgIpc) is 3.10. The molecule has 3 rings (SSSR count). The second kappa shape index (κ2) is 9.58. The minimum absolute atomic E-state index is 0.0455. The third-order valence-corrected chi connectivity index (χ3v) is 7.01. The summed E-state index contributed by atoms with van der Waals surface area (Å²) in [5.74, 6) is -0.522.